The number of hydrogen-bond acceptors (Lipinski definition) is 3. The van der Waals surface area contributed by atoms with Gasteiger partial charge < -0.3 is 9.80 Å². The van der Waals surface area contributed by atoms with E-state index in [4.69, 9.17) is 0 Å². The summed E-state index contributed by atoms with van der Waals surface area (Å²) >= 11 is 1.84. The molecule has 4 heteroatoms. The van der Waals surface area contributed by atoms with E-state index in [0.717, 1.165) is 0 Å². The van der Waals surface area contributed by atoms with Crippen molar-refractivity contribution in [3.8, 4) is 11.1 Å². The molecule has 2 nitrogen and oxygen atoms in total. The molecule has 2 aliphatic rings. The molecule has 57 heavy (non-hydrogen) atoms. The highest BCUT2D eigenvalue weighted by atomic mass is 32.1. The largest absolute Gasteiger partial charge is 0.311 e. The van der Waals surface area contributed by atoms with Crippen LogP contribution in [0.1, 0.15) is 95.7 Å². The number of hydrogen-bond donors (Lipinski definition) is 0. The Labute approximate surface area is 345 Å². The Morgan fingerprint density at radius 1 is 0.509 bits per heavy atom. The van der Waals surface area contributed by atoms with Crippen LogP contribution < -0.4 is 26.2 Å². The van der Waals surface area contributed by atoms with Crippen molar-refractivity contribution in [1.82, 2.24) is 0 Å². The van der Waals surface area contributed by atoms with Gasteiger partial charge in [0.05, 0.1) is 5.69 Å². The summed E-state index contributed by atoms with van der Waals surface area (Å²) in [5.41, 5.74) is 22.2. The predicted octanol–water partition coefficient (Wildman–Crippen LogP) is 13.5. The minimum atomic E-state index is -0.00536. The first kappa shape index (κ1) is 37.5. The average Bonchev–Trinajstić information content (AvgIpc) is 3.58. The molecule has 0 bridgehead atoms. The number of benzene rings is 6. The molecule has 0 saturated carbocycles. The molecule has 3 heterocycles. The van der Waals surface area contributed by atoms with Gasteiger partial charge in [-0.3, -0.25) is 0 Å². The van der Waals surface area contributed by atoms with Crippen molar-refractivity contribution < 1.29 is 0 Å². The summed E-state index contributed by atoms with van der Waals surface area (Å²) in [6.07, 6.45) is 0. The number of nitrogens with zero attached hydrogens (tertiary/aromatic N) is 2. The zero-order chi connectivity index (χ0) is 40.3. The monoisotopic (exact) mass is 762 g/mol. The normalized spacial score (nSPS) is 13.9. The van der Waals surface area contributed by atoms with E-state index in [-0.39, 0.29) is 23.0 Å². The smallest absolute Gasteiger partial charge is 0.252 e. The van der Waals surface area contributed by atoms with Gasteiger partial charge in [0.25, 0.3) is 6.71 Å². The first-order chi connectivity index (χ1) is 26.9. The lowest BCUT2D eigenvalue weighted by atomic mass is 9.33. The van der Waals surface area contributed by atoms with E-state index in [0.29, 0.717) is 0 Å². The summed E-state index contributed by atoms with van der Waals surface area (Å²) < 4.78 is 1.33. The van der Waals surface area contributed by atoms with Crippen LogP contribution in [-0.4, -0.2) is 6.71 Å². The molecule has 0 unspecified atom stereocenters. The molecule has 286 valence electrons. The van der Waals surface area contributed by atoms with E-state index in [1.165, 1.54) is 105 Å². The van der Waals surface area contributed by atoms with Gasteiger partial charge in [-0.1, -0.05) is 129 Å². The lowest BCUT2D eigenvalue weighted by molar-refractivity contribution is 0.589. The molecule has 7 aromatic rings. The van der Waals surface area contributed by atoms with E-state index in [1.807, 2.05) is 11.3 Å². The van der Waals surface area contributed by atoms with E-state index in [1.54, 1.807) is 0 Å². The fourth-order valence-electron chi connectivity index (χ4n) is 9.35. The molecule has 9 rings (SSSR count). The Morgan fingerprint density at radius 2 is 1.07 bits per heavy atom. The number of thiophene rings is 1. The summed E-state index contributed by atoms with van der Waals surface area (Å²) in [7, 11) is 0. The second kappa shape index (κ2) is 13.0. The standard InChI is InChI=1S/C53H55BN2S/c1-32-25-46-49-47(26-32)56(50-33(2)27-38(28-34(50)3)53(10,11)12)45-23-17-35(41-31-57-48-16-14-13-15-40(41)48)29-42(45)54(49)43-30-37(52(7,8)9)20-24-44(43)55(46)39-21-18-36(19-22-39)51(4,5)6/h13-31H,1-12H3. The summed E-state index contributed by atoms with van der Waals surface area (Å²) in [6, 6.07) is 42.5. The van der Waals surface area contributed by atoms with E-state index < -0.39 is 0 Å². The van der Waals surface area contributed by atoms with Crippen LogP contribution in [0, 0.1) is 20.8 Å². The van der Waals surface area contributed by atoms with Gasteiger partial charge in [-0.25, -0.2) is 0 Å². The molecule has 0 fully saturated rings. The molecule has 0 atom stereocenters. The number of fused-ring (bicyclic) bond motifs is 5. The molecule has 0 aliphatic carbocycles. The van der Waals surface area contributed by atoms with E-state index >= 15 is 0 Å². The van der Waals surface area contributed by atoms with Gasteiger partial charge in [0.15, 0.2) is 0 Å². The van der Waals surface area contributed by atoms with Gasteiger partial charge in [-0.15, -0.1) is 11.3 Å². The lowest BCUT2D eigenvalue weighted by Crippen LogP contribution is -2.61. The van der Waals surface area contributed by atoms with Crippen LogP contribution in [0.5, 0.6) is 0 Å². The lowest BCUT2D eigenvalue weighted by Gasteiger charge is -2.45. The van der Waals surface area contributed by atoms with Crippen molar-refractivity contribution >= 4 is 78.6 Å². The average molecular weight is 763 g/mol. The van der Waals surface area contributed by atoms with Gasteiger partial charge in [-0.05, 0) is 140 Å². The minimum Gasteiger partial charge on any atom is -0.311 e. The quantitative estimate of drug-likeness (QED) is 0.165. The fraction of sp³-hybridized carbons (Fsp3) is 0.283. The van der Waals surface area contributed by atoms with Crippen molar-refractivity contribution in [3.63, 3.8) is 0 Å². The number of rotatable bonds is 3. The highest BCUT2D eigenvalue weighted by Crippen LogP contribution is 2.48. The van der Waals surface area contributed by atoms with Crippen LogP contribution in [0.4, 0.5) is 34.1 Å². The third-order valence-electron chi connectivity index (χ3n) is 12.4. The zero-order valence-corrected chi connectivity index (χ0v) is 36.7. The van der Waals surface area contributed by atoms with Crippen molar-refractivity contribution in [2.24, 2.45) is 0 Å². The minimum absolute atomic E-state index is 0.00536. The maximum atomic E-state index is 2.61. The maximum Gasteiger partial charge on any atom is 0.252 e. The van der Waals surface area contributed by atoms with Crippen molar-refractivity contribution in [2.45, 2.75) is 99.3 Å². The highest BCUT2D eigenvalue weighted by Gasteiger charge is 2.44. The molecule has 0 spiro atoms. The Bertz CT molecular complexity index is 2710. The fourth-order valence-corrected chi connectivity index (χ4v) is 10.3. The number of anilines is 6. The molecule has 6 aromatic carbocycles. The third-order valence-corrected chi connectivity index (χ3v) is 13.4. The topological polar surface area (TPSA) is 6.48 Å². The van der Waals surface area contributed by atoms with Gasteiger partial charge in [0, 0.05) is 44.1 Å². The molecule has 2 aliphatic heterocycles. The van der Waals surface area contributed by atoms with Crippen molar-refractivity contribution in [1.29, 1.82) is 0 Å². The SMILES string of the molecule is Cc1cc2c3c(c1)N(c1c(C)cc(C(C)(C)C)cc1C)c1ccc(-c4csc5ccccc45)cc1B3c1cc(C(C)(C)C)ccc1N2c1ccc(C(C)(C)C)cc1. The molecule has 0 N–H and O–H groups in total. The van der Waals surface area contributed by atoms with Gasteiger partial charge in [0.2, 0.25) is 0 Å². The summed E-state index contributed by atoms with van der Waals surface area (Å²) in [5, 5.41) is 3.67. The molecule has 0 amide bonds. The Kier molecular flexibility index (Phi) is 8.54. The first-order valence-corrected chi connectivity index (χ1v) is 21.5. The van der Waals surface area contributed by atoms with Crippen LogP contribution in [0.15, 0.2) is 115 Å². The highest BCUT2D eigenvalue weighted by molar-refractivity contribution is 7.17. The molecule has 1 aromatic heterocycles. The maximum absolute atomic E-state index is 2.61. The van der Waals surface area contributed by atoms with Crippen molar-refractivity contribution in [3.05, 3.63) is 148 Å². The predicted molar refractivity (Wildman–Crippen MR) is 252 cm³/mol. The van der Waals surface area contributed by atoms with Gasteiger partial charge >= 0.3 is 0 Å². The van der Waals surface area contributed by atoms with Crippen LogP contribution in [0.25, 0.3) is 21.2 Å². The molecule has 0 radical (unpaired) electrons. The van der Waals surface area contributed by atoms with E-state index in [2.05, 4.69) is 207 Å². The van der Waals surface area contributed by atoms with Crippen LogP contribution in [0.3, 0.4) is 0 Å². The summed E-state index contributed by atoms with van der Waals surface area (Å²) in [4.78, 5) is 5.17. The summed E-state index contributed by atoms with van der Waals surface area (Å²) in [6.45, 7) is 27.8. The molecular formula is C53H55BN2S. The second-order valence-electron chi connectivity index (χ2n) is 19.8. The summed E-state index contributed by atoms with van der Waals surface area (Å²) in [5.74, 6) is 0. The Balaban J connectivity index is 1.38. The zero-order valence-electron chi connectivity index (χ0n) is 35.8. The van der Waals surface area contributed by atoms with Crippen molar-refractivity contribution in [2.75, 3.05) is 9.80 Å². The van der Waals surface area contributed by atoms with Crippen LogP contribution in [-0.2, 0) is 16.2 Å². The Hall–Kier alpha value is -5.06. The first-order valence-electron chi connectivity index (χ1n) is 20.6. The molecule has 0 saturated heterocycles. The number of aryl methyl sites for hydroxylation is 3. The van der Waals surface area contributed by atoms with E-state index in [9.17, 15) is 0 Å². The van der Waals surface area contributed by atoms with Gasteiger partial charge in [0.1, 0.15) is 0 Å². The van der Waals surface area contributed by atoms with Crippen LogP contribution in [0.2, 0.25) is 0 Å². The third kappa shape index (κ3) is 6.14. The Morgan fingerprint density at radius 3 is 1.72 bits per heavy atom. The molecular weight excluding hydrogens is 707 g/mol. The van der Waals surface area contributed by atoms with Crippen LogP contribution >= 0.6 is 11.3 Å². The van der Waals surface area contributed by atoms with Gasteiger partial charge in [-0.2, -0.15) is 0 Å². The second-order valence-corrected chi connectivity index (χ2v) is 20.7.